The smallest absolute Gasteiger partial charge is 0.321 e. The lowest BCUT2D eigenvalue weighted by Gasteiger charge is -2.11. The van der Waals surface area contributed by atoms with Crippen molar-refractivity contribution < 1.29 is 4.79 Å². The van der Waals surface area contributed by atoms with Crippen LogP contribution < -0.4 is 10.6 Å². The molecule has 0 saturated heterocycles. The normalized spacial score (nSPS) is 21.2. The molecule has 2 amide bonds. The second-order valence-electron chi connectivity index (χ2n) is 4.72. The van der Waals surface area contributed by atoms with Crippen molar-refractivity contribution in [2.75, 3.05) is 5.32 Å². The molecule has 2 aromatic heterocycles. The van der Waals surface area contributed by atoms with E-state index >= 15 is 0 Å². The summed E-state index contributed by atoms with van der Waals surface area (Å²) in [5.74, 6) is 0.915. The van der Waals surface area contributed by atoms with Gasteiger partial charge in [0.25, 0.3) is 0 Å². The zero-order valence-corrected chi connectivity index (χ0v) is 11.6. The number of urea groups is 1. The van der Waals surface area contributed by atoms with Crippen molar-refractivity contribution in [3.8, 4) is 0 Å². The van der Waals surface area contributed by atoms with E-state index in [1.165, 1.54) is 11.3 Å². The van der Waals surface area contributed by atoms with Gasteiger partial charge in [0, 0.05) is 23.8 Å². The lowest BCUT2D eigenvalue weighted by molar-refractivity contribution is 0.248. The van der Waals surface area contributed by atoms with E-state index in [9.17, 15) is 4.79 Å². The molecule has 0 radical (unpaired) electrons. The Balaban J connectivity index is 1.65. The van der Waals surface area contributed by atoms with Gasteiger partial charge in [0.05, 0.1) is 11.7 Å². The minimum absolute atomic E-state index is 0.0361. The van der Waals surface area contributed by atoms with Gasteiger partial charge in [-0.05, 0) is 20.3 Å². The van der Waals surface area contributed by atoms with Crippen LogP contribution >= 0.6 is 11.3 Å². The summed E-state index contributed by atoms with van der Waals surface area (Å²) in [5, 5.41) is 8.21. The third-order valence-electron chi connectivity index (χ3n) is 3.21. The van der Waals surface area contributed by atoms with Crippen LogP contribution in [0.25, 0.3) is 0 Å². The molecule has 1 aliphatic rings. The number of rotatable bonds is 2. The van der Waals surface area contributed by atoms with E-state index in [1.54, 1.807) is 6.20 Å². The molecule has 0 aromatic carbocycles. The molecular weight excluding hydrogens is 262 g/mol. The number of carbonyl (C=O) groups is 1. The Morgan fingerprint density at radius 2 is 2.42 bits per heavy atom. The van der Waals surface area contributed by atoms with Gasteiger partial charge in [-0.1, -0.05) is 0 Å². The van der Waals surface area contributed by atoms with Crippen LogP contribution in [0.3, 0.4) is 0 Å². The van der Waals surface area contributed by atoms with Crippen LogP contribution in [-0.2, 0) is 0 Å². The van der Waals surface area contributed by atoms with Crippen LogP contribution in [0.5, 0.6) is 0 Å². The van der Waals surface area contributed by atoms with Crippen LogP contribution in [0.1, 0.15) is 36.9 Å². The van der Waals surface area contributed by atoms with Crippen LogP contribution in [0.2, 0.25) is 0 Å². The van der Waals surface area contributed by atoms with Crippen molar-refractivity contribution in [2.45, 2.75) is 32.4 Å². The average molecular weight is 277 g/mol. The third-order valence-corrected chi connectivity index (χ3v) is 4.08. The number of thiazole rings is 1. The monoisotopic (exact) mass is 277 g/mol. The summed E-state index contributed by atoms with van der Waals surface area (Å²) in [6, 6.07) is 0.0963. The molecule has 1 aliphatic heterocycles. The summed E-state index contributed by atoms with van der Waals surface area (Å²) >= 11 is 1.42. The van der Waals surface area contributed by atoms with E-state index in [2.05, 4.69) is 32.1 Å². The van der Waals surface area contributed by atoms with Gasteiger partial charge in [-0.2, -0.15) is 0 Å². The first-order valence-electron chi connectivity index (χ1n) is 6.16. The molecule has 2 aromatic rings. The highest BCUT2D eigenvalue weighted by Crippen LogP contribution is 2.32. The molecule has 3 heterocycles. The third kappa shape index (κ3) is 2.33. The molecule has 7 heteroatoms. The predicted octanol–water partition coefficient (Wildman–Crippen LogP) is 2.48. The summed E-state index contributed by atoms with van der Waals surface area (Å²) in [7, 11) is 0. The first-order valence-corrected chi connectivity index (χ1v) is 7.04. The van der Waals surface area contributed by atoms with Gasteiger partial charge in [-0.15, -0.1) is 11.3 Å². The average Bonchev–Trinajstić information content (AvgIpc) is 3.01. The largest absolute Gasteiger partial charge is 0.330 e. The maximum atomic E-state index is 11.9. The topological polar surface area (TPSA) is 71.8 Å². The first kappa shape index (κ1) is 12.2. The SMILES string of the molecule is Cc1csc(NC(=O)NC2CC(C)n3ccnc32)n1. The number of imidazole rings is 1. The van der Waals surface area contributed by atoms with Crippen LogP contribution in [0.4, 0.5) is 9.93 Å². The number of aromatic nitrogens is 3. The maximum absolute atomic E-state index is 11.9. The molecule has 0 spiro atoms. The van der Waals surface area contributed by atoms with E-state index < -0.39 is 0 Å². The van der Waals surface area contributed by atoms with E-state index in [-0.39, 0.29) is 12.1 Å². The number of carbonyl (C=O) groups excluding carboxylic acids is 1. The summed E-state index contributed by atoms with van der Waals surface area (Å²) in [5.41, 5.74) is 0.908. The van der Waals surface area contributed by atoms with Gasteiger partial charge in [-0.25, -0.2) is 14.8 Å². The fourth-order valence-electron chi connectivity index (χ4n) is 2.35. The van der Waals surface area contributed by atoms with Crippen molar-refractivity contribution in [1.29, 1.82) is 0 Å². The Morgan fingerprint density at radius 1 is 1.58 bits per heavy atom. The van der Waals surface area contributed by atoms with Crippen LogP contribution in [0, 0.1) is 6.92 Å². The molecule has 0 bridgehead atoms. The standard InChI is InChI=1S/C12H15N5OS/c1-7-6-19-12(14-7)16-11(18)15-9-5-8(2)17-4-3-13-10(9)17/h3-4,6,8-9H,5H2,1-2H3,(H2,14,15,16,18). The van der Waals surface area contributed by atoms with Crippen molar-refractivity contribution >= 4 is 22.5 Å². The molecule has 2 unspecified atom stereocenters. The number of nitrogens with one attached hydrogen (secondary N) is 2. The Hall–Kier alpha value is -1.89. The van der Waals surface area contributed by atoms with Gasteiger partial charge < -0.3 is 9.88 Å². The van der Waals surface area contributed by atoms with Gasteiger partial charge in [0.1, 0.15) is 5.82 Å². The van der Waals surface area contributed by atoms with E-state index in [4.69, 9.17) is 0 Å². The lowest BCUT2D eigenvalue weighted by Crippen LogP contribution is -2.31. The van der Waals surface area contributed by atoms with Gasteiger partial charge in [0.2, 0.25) is 0 Å². The first-order chi connectivity index (χ1) is 9.13. The second-order valence-corrected chi connectivity index (χ2v) is 5.58. The molecule has 2 N–H and O–H groups in total. The lowest BCUT2D eigenvalue weighted by atomic mass is 10.2. The maximum Gasteiger partial charge on any atom is 0.321 e. The quantitative estimate of drug-likeness (QED) is 0.885. The second kappa shape index (κ2) is 4.65. The molecule has 2 atom stereocenters. The highest BCUT2D eigenvalue weighted by atomic mass is 32.1. The predicted molar refractivity (Wildman–Crippen MR) is 73.3 cm³/mol. The zero-order valence-electron chi connectivity index (χ0n) is 10.8. The number of nitrogens with zero attached hydrogens (tertiary/aromatic N) is 3. The molecule has 19 heavy (non-hydrogen) atoms. The Kier molecular flexibility index (Phi) is 2.98. The number of anilines is 1. The molecule has 0 aliphatic carbocycles. The summed E-state index contributed by atoms with van der Waals surface area (Å²) in [6.07, 6.45) is 4.58. The highest BCUT2D eigenvalue weighted by Gasteiger charge is 2.30. The van der Waals surface area contributed by atoms with Crippen molar-refractivity contribution in [1.82, 2.24) is 19.9 Å². The van der Waals surface area contributed by atoms with E-state index in [0.717, 1.165) is 17.9 Å². The van der Waals surface area contributed by atoms with Crippen LogP contribution in [-0.4, -0.2) is 20.6 Å². The highest BCUT2D eigenvalue weighted by molar-refractivity contribution is 7.13. The van der Waals surface area contributed by atoms with Gasteiger partial charge in [0.15, 0.2) is 5.13 Å². The summed E-state index contributed by atoms with van der Waals surface area (Å²) < 4.78 is 2.10. The number of aryl methyl sites for hydroxylation is 1. The van der Waals surface area contributed by atoms with Crippen molar-refractivity contribution in [3.05, 3.63) is 29.3 Å². The van der Waals surface area contributed by atoms with Gasteiger partial charge >= 0.3 is 6.03 Å². The fourth-order valence-corrected chi connectivity index (χ4v) is 3.04. The van der Waals surface area contributed by atoms with Crippen molar-refractivity contribution in [3.63, 3.8) is 0 Å². The summed E-state index contributed by atoms with van der Waals surface area (Å²) in [6.45, 7) is 4.02. The molecule has 3 rings (SSSR count). The minimum atomic E-state index is -0.233. The Labute approximate surface area is 114 Å². The molecule has 0 saturated carbocycles. The zero-order chi connectivity index (χ0) is 13.4. The van der Waals surface area contributed by atoms with E-state index in [0.29, 0.717) is 11.2 Å². The molecule has 100 valence electrons. The minimum Gasteiger partial charge on any atom is -0.330 e. The van der Waals surface area contributed by atoms with Crippen LogP contribution in [0.15, 0.2) is 17.8 Å². The number of amides is 2. The fraction of sp³-hybridized carbons (Fsp3) is 0.417. The molecule has 0 fully saturated rings. The van der Waals surface area contributed by atoms with Crippen molar-refractivity contribution in [2.24, 2.45) is 0 Å². The number of fused-ring (bicyclic) bond motifs is 1. The summed E-state index contributed by atoms with van der Waals surface area (Å²) in [4.78, 5) is 20.4. The molecule has 6 nitrogen and oxygen atoms in total. The Morgan fingerprint density at radius 3 is 3.16 bits per heavy atom. The Bertz CT molecular complexity index is 605. The number of hydrogen-bond acceptors (Lipinski definition) is 4. The number of hydrogen-bond donors (Lipinski definition) is 2. The van der Waals surface area contributed by atoms with Gasteiger partial charge in [-0.3, -0.25) is 5.32 Å². The van der Waals surface area contributed by atoms with E-state index in [1.807, 2.05) is 18.5 Å². The molecular formula is C12H15N5OS.